The summed E-state index contributed by atoms with van der Waals surface area (Å²) in [5, 5.41) is 11.4. The zero-order chi connectivity index (χ0) is 19.8. The van der Waals surface area contributed by atoms with Gasteiger partial charge in [0.25, 0.3) is 0 Å². The van der Waals surface area contributed by atoms with Crippen molar-refractivity contribution in [1.82, 2.24) is 20.8 Å². The highest BCUT2D eigenvalue weighted by Gasteiger charge is 2.10. The summed E-state index contributed by atoms with van der Waals surface area (Å²) in [6.07, 6.45) is 0.604. The number of guanidine groups is 1. The second-order valence-electron chi connectivity index (χ2n) is 5.92. The molecule has 1 aromatic carbocycles. The highest BCUT2D eigenvalue weighted by Crippen LogP contribution is 2.35. The predicted octanol–water partition coefficient (Wildman–Crippen LogP) is 3.94. The lowest BCUT2D eigenvalue weighted by Gasteiger charge is -2.13. The molecule has 0 saturated heterocycles. The summed E-state index contributed by atoms with van der Waals surface area (Å²) in [6.45, 7) is 5.50. The third-order valence-electron chi connectivity index (χ3n) is 3.46. The van der Waals surface area contributed by atoms with E-state index in [0.29, 0.717) is 64.6 Å². The molecule has 1 aromatic heterocycles. The Labute approximate surface area is 173 Å². The van der Waals surface area contributed by atoms with Crippen LogP contribution in [0.2, 0.25) is 15.1 Å². The number of halogens is 3. The largest absolute Gasteiger partial charge is 0.489 e. The van der Waals surface area contributed by atoms with Crippen molar-refractivity contribution in [3.63, 3.8) is 0 Å². The smallest absolute Gasteiger partial charge is 0.228 e. The maximum atomic E-state index is 6.08. The fourth-order valence-electron chi connectivity index (χ4n) is 2.10. The zero-order valence-corrected chi connectivity index (χ0v) is 17.6. The second kappa shape index (κ2) is 10.6. The molecule has 27 heavy (non-hydrogen) atoms. The molecular weight excluding hydrogens is 413 g/mol. The standard InChI is InChI=1S/C17H22Cl3N5O2/c1-10(2)16-24-14(27-25-16)4-5-22-17(21-3)23-6-7-26-15-12(19)8-11(18)9-13(15)20/h8-10H,4-7H2,1-3H3,(H2,21,22,23). The summed E-state index contributed by atoms with van der Waals surface area (Å²) < 4.78 is 10.8. The van der Waals surface area contributed by atoms with Gasteiger partial charge >= 0.3 is 0 Å². The van der Waals surface area contributed by atoms with Crippen molar-refractivity contribution in [3.05, 3.63) is 38.9 Å². The second-order valence-corrected chi connectivity index (χ2v) is 7.17. The van der Waals surface area contributed by atoms with Crippen molar-refractivity contribution in [2.24, 2.45) is 4.99 Å². The summed E-state index contributed by atoms with van der Waals surface area (Å²) in [7, 11) is 1.69. The van der Waals surface area contributed by atoms with Crippen LogP contribution in [0.4, 0.5) is 0 Å². The van der Waals surface area contributed by atoms with Crippen LogP contribution < -0.4 is 15.4 Å². The summed E-state index contributed by atoms with van der Waals surface area (Å²) in [4.78, 5) is 8.48. The summed E-state index contributed by atoms with van der Waals surface area (Å²) in [5.74, 6) is 2.59. The number of hydrogen-bond acceptors (Lipinski definition) is 5. The number of rotatable bonds is 8. The quantitative estimate of drug-likeness (QED) is 0.372. The van der Waals surface area contributed by atoms with E-state index in [-0.39, 0.29) is 5.92 Å². The Bertz CT molecular complexity index is 757. The maximum Gasteiger partial charge on any atom is 0.228 e. The molecule has 2 rings (SSSR count). The first-order valence-corrected chi connectivity index (χ1v) is 9.58. The van der Waals surface area contributed by atoms with E-state index in [1.54, 1.807) is 19.2 Å². The van der Waals surface area contributed by atoms with Gasteiger partial charge in [0.15, 0.2) is 17.5 Å². The monoisotopic (exact) mass is 433 g/mol. The first-order valence-electron chi connectivity index (χ1n) is 8.45. The van der Waals surface area contributed by atoms with E-state index in [4.69, 9.17) is 44.1 Å². The Balaban J connectivity index is 1.71. The van der Waals surface area contributed by atoms with Crippen molar-refractivity contribution in [2.45, 2.75) is 26.2 Å². The van der Waals surface area contributed by atoms with E-state index in [2.05, 4.69) is 25.8 Å². The molecule has 0 unspecified atom stereocenters. The van der Waals surface area contributed by atoms with Crippen LogP contribution in [-0.2, 0) is 6.42 Å². The normalized spacial score (nSPS) is 11.7. The Hall–Kier alpha value is -1.70. The zero-order valence-electron chi connectivity index (χ0n) is 15.4. The maximum absolute atomic E-state index is 6.08. The van der Waals surface area contributed by atoms with Gasteiger partial charge in [0.1, 0.15) is 6.61 Å². The highest BCUT2D eigenvalue weighted by atomic mass is 35.5. The molecule has 2 aromatic rings. The summed E-state index contributed by atoms with van der Waals surface area (Å²) in [6, 6.07) is 3.17. The molecule has 0 aliphatic carbocycles. The minimum atomic E-state index is 0.243. The lowest BCUT2D eigenvalue weighted by atomic mass is 10.2. The van der Waals surface area contributed by atoms with Crippen LogP contribution in [0.3, 0.4) is 0 Å². The molecule has 0 aliphatic heterocycles. The molecule has 1 heterocycles. The molecule has 2 N–H and O–H groups in total. The van der Waals surface area contributed by atoms with Gasteiger partial charge in [0.2, 0.25) is 5.89 Å². The van der Waals surface area contributed by atoms with Gasteiger partial charge in [-0.1, -0.05) is 53.8 Å². The molecule has 0 radical (unpaired) electrons. The third-order valence-corrected chi connectivity index (χ3v) is 4.24. The lowest BCUT2D eigenvalue weighted by Crippen LogP contribution is -2.40. The fraction of sp³-hybridized carbons (Fsp3) is 0.471. The molecular formula is C17H22Cl3N5O2. The number of aromatic nitrogens is 2. The Kier molecular flexibility index (Phi) is 8.47. The molecule has 0 amide bonds. The van der Waals surface area contributed by atoms with Crippen LogP contribution >= 0.6 is 34.8 Å². The molecule has 0 bridgehead atoms. The number of benzene rings is 1. The average molecular weight is 435 g/mol. The van der Waals surface area contributed by atoms with Gasteiger partial charge in [0, 0.05) is 31.0 Å². The van der Waals surface area contributed by atoms with E-state index >= 15 is 0 Å². The molecule has 7 nitrogen and oxygen atoms in total. The van der Waals surface area contributed by atoms with Gasteiger partial charge in [-0.3, -0.25) is 4.99 Å². The predicted molar refractivity (Wildman–Crippen MR) is 108 cm³/mol. The van der Waals surface area contributed by atoms with E-state index in [1.807, 2.05) is 13.8 Å². The van der Waals surface area contributed by atoms with Gasteiger partial charge in [-0.2, -0.15) is 4.98 Å². The number of ether oxygens (including phenoxy) is 1. The van der Waals surface area contributed by atoms with Gasteiger partial charge in [0.05, 0.1) is 16.6 Å². The van der Waals surface area contributed by atoms with Crippen LogP contribution in [0.1, 0.15) is 31.5 Å². The van der Waals surface area contributed by atoms with Gasteiger partial charge < -0.3 is 19.9 Å². The van der Waals surface area contributed by atoms with Crippen molar-refractivity contribution in [3.8, 4) is 5.75 Å². The SMILES string of the molecule is CN=C(NCCOc1c(Cl)cc(Cl)cc1Cl)NCCc1nc(C(C)C)no1. The van der Waals surface area contributed by atoms with Crippen molar-refractivity contribution in [2.75, 3.05) is 26.7 Å². The molecule has 0 fully saturated rings. The molecule has 0 saturated carbocycles. The van der Waals surface area contributed by atoms with Crippen molar-refractivity contribution >= 4 is 40.8 Å². The topological polar surface area (TPSA) is 84.6 Å². The molecule has 10 heteroatoms. The first kappa shape index (κ1) is 21.6. The number of hydrogen-bond donors (Lipinski definition) is 2. The summed E-state index contributed by atoms with van der Waals surface area (Å²) >= 11 is 18.0. The number of nitrogens with one attached hydrogen (secondary N) is 2. The van der Waals surface area contributed by atoms with Crippen LogP contribution in [0.5, 0.6) is 5.75 Å². The van der Waals surface area contributed by atoms with Crippen LogP contribution in [-0.4, -0.2) is 42.8 Å². The first-order chi connectivity index (χ1) is 12.9. The minimum Gasteiger partial charge on any atom is -0.489 e. The molecule has 0 spiro atoms. The minimum absolute atomic E-state index is 0.243. The van der Waals surface area contributed by atoms with E-state index in [0.717, 1.165) is 0 Å². The Morgan fingerprint density at radius 2 is 1.85 bits per heavy atom. The van der Waals surface area contributed by atoms with Crippen molar-refractivity contribution in [1.29, 1.82) is 0 Å². The molecule has 0 atom stereocenters. The van der Waals surface area contributed by atoms with E-state index < -0.39 is 0 Å². The van der Waals surface area contributed by atoms with E-state index in [1.165, 1.54) is 0 Å². The molecule has 0 aliphatic rings. The number of nitrogens with zero attached hydrogens (tertiary/aromatic N) is 3. The fourth-order valence-corrected chi connectivity index (χ4v) is 3.03. The average Bonchev–Trinajstić information content (AvgIpc) is 3.07. The van der Waals surface area contributed by atoms with Crippen molar-refractivity contribution < 1.29 is 9.26 Å². The van der Waals surface area contributed by atoms with Crippen LogP contribution in [0.15, 0.2) is 21.6 Å². The summed E-state index contributed by atoms with van der Waals surface area (Å²) in [5.41, 5.74) is 0. The highest BCUT2D eigenvalue weighted by molar-refractivity contribution is 6.40. The van der Waals surface area contributed by atoms with E-state index in [9.17, 15) is 0 Å². The lowest BCUT2D eigenvalue weighted by molar-refractivity contribution is 0.322. The van der Waals surface area contributed by atoms with Gasteiger partial charge in [-0.15, -0.1) is 0 Å². The Morgan fingerprint density at radius 3 is 2.44 bits per heavy atom. The van der Waals surface area contributed by atoms with Gasteiger partial charge in [-0.25, -0.2) is 0 Å². The number of aliphatic imine (C=N–C) groups is 1. The van der Waals surface area contributed by atoms with Crippen LogP contribution in [0.25, 0.3) is 0 Å². The van der Waals surface area contributed by atoms with Crippen LogP contribution in [0, 0.1) is 0 Å². The van der Waals surface area contributed by atoms with Gasteiger partial charge in [-0.05, 0) is 12.1 Å². The molecule has 148 valence electrons. The third kappa shape index (κ3) is 6.75. The Morgan fingerprint density at radius 1 is 1.19 bits per heavy atom.